The Hall–Kier alpha value is -0.810. The molecule has 5 nitrogen and oxygen atoms in total. The molecule has 0 radical (unpaired) electrons. The molecule has 1 unspecified atom stereocenters. The van der Waals surface area contributed by atoms with Crippen molar-refractivity contribution in [3.05, 3.63) is 0 Å². The molecule has 0 aromatic rings. The Morgan fingerprint density at radius 3 is 2.63 bits per heavy atom. The molecule has 1 saturated carbocycles. The summed E-state index contributed by atoms with van der Waals surface area (Å²) in [6.07, 6.45) is 8.37. The minimum atomic E-state index is -0.690. The zero-order valence-corrected chi connectivity index (χ0v) is 12.1. The van der Waals surface area contributed by atoms with Crippen LogP contribution in [0.5, 0.6) is 0 Å². The molecule has 2 fully saturated rings. The SMILES string of the molecule is CN1CCC(O)(CN=C(N)NC2CCCCCC2)C1. The molecule has 2 rings (SSSR count). The van der Waals surface area contributed by atoms with E-state index in [1.54, 1.807) is 0 Å². The quantitative estimate of drug-likeness (QED) is 0.400. The summed E-state index contributed by atoms with van der Waals surface area (Å²) in [5.74, 6) is 0.495. The third-order valence-electron chi connectivity index (χ3n) is 4.27. The Morgan fingerprint density at radius 1 is 1.37 bits per heavy atom. The number of β-amino-alcohol motifs (C(OH)–C–C–N with tert-alkyl or cyclic N) is 1. The largest absolute Gasteiger partial charge is 0.387 e. The molecule has 1 heterocycles. The van der Waals surface area contributed by atoms with Gasteiger partial charge in [0.25, 0.3) is 0 Å². The zero-order chi connectivity index (χ0) is 13.7. The Bertz CT molecular complexity index is 313. The molecule has 0 bridgehead atoms. The maximum absolute atomic E-state index is 10.3. The van der Waals surface area contributed by atoms with Crippen molar-refractivity contribution < 1.29 is 5.11 Å². The van der Waals surface area contributed by atoms with Gasteiger partial charge in [-0.15, -0.1) is 0 Å². The second-order valence-electron chi connectivity index (χ2n) is 6.25. The average molecular weight is 268 g/mol. The van der Waals surface area contributed by atoms with Crippen molar-refractivity contribution in [1.29, 1.82) is 0 Å². The first kappa shape index (κ1) is 14.6. The maximum Gasteiger partial charge on any atom is 0.188 e. The zero-order valence-electron chi connectivity index (χ0n) is 12.1. The summed E-state index contributed by atoms with van der Waals surface area (Å²) in [6, 6.07) is 0.465. The van der Waals surface area contributed by atoms with Crippen molar-refractivity contribution in [2.24, 2.45) is 10.7 Å². The highest BCUT2D eigenvalue weighted by Gasteiger charge is 2.34. The number of aliphatic hydroxyl groups is 1. The van der Waals surface area contributed by atoms with E-state index in [9.17, 15) is 5.11 Å². The van der Waals surface area contributed by atoms with Crippen molar-refractivity contribution in [1.82, 2.24) is 10.2 Å². The first-order valence-electron chi connectivity index (χ1n) is 7.55. The van der Waals surface area contributed by atoms with E-state index < -0.39 is 5.60 Å². The lowest BCUT2D eigenvalue weighted by atomic mass is 10.0. The van der Waals surface area contributed by atoms with Gasteiger partial charge in [-0.25, -0.2) is 0 Å². The lowest BCUT2D eigenvalue weighted by Crippen LogP contribution is -2.42. The number of aliphatic imine (C=N–C) groups is 1. The van der Waals surface area contributed by atoms with E-state index >= 15 is 0 Å². The average Bonchev–Trinajstić information content (AvgIpc) is 2.56. The van der Waals surface area contributed by atoms with Gasteiger partial charge >= 0.3 is 0 Å². The highest BCUT2D eigenvalue weighted by Crippen LogP contribution is 2.20. The first-order valence-corrected chi connectivity index (χ1v) is 7.55. The van der Waals surface area contributed by atoms with Gasteiger partial charge in [-0.1, -0.05) is 25.7 Å². The molecule has 2 aliphatic rings. The summed E-state index contributed by atoms with van der Waals surface area (Å²) in [4.78, 5) is 6.47. The van der Waals surface area contributed by atoms with E-state index in [1.165, 1.54) is 38.5 Å². The molecular formula is C14H28N4O. The fourth-order valence-corrected chi connectivity index (χ4v) is 3.10. The van der Waals surface area contributed by atoms with E-state index in [-0.39, 0.29) is 0 Å². The fraction of sp³-hybridized carbons (Fsp3) is 0.929. The number of guanidine groups is 1. The summed E-state index contributed by atoms with van der Waals surface area (Å²) in [6.45, 7) is 2.03. The molecule has 110 valence electrons. The Labute approximate surface area is 116 Å². The number of nitrogens with zero attached hydrogens (tertiary/aromatic N) is 2. The van der Waals surface area contributed by atoms with E-state index in [4.69, 9.17) is 5.73 Å². The van der Waals surface area contributed by atoms with Crippen molar-refractivity contribution in [3.63, 3.8) is 0 Å². The standard InChI is InChI=1S/C14H28N4O/c1-18-9-8-14(19,11-18)10-16-13(15)17-12-6-4-2-3-5-7-12/h12,19H,2-11H2,1H3,(H3,15,16,17). The number of nitrogens with one attached hydrogen (secondary N) is 1. The summed E-state index contributed by atoms with van der Waals surface area (Å²) in [5, 5.41) is 13.6. The second-order valence-corrected chi connectivity index (χ2v) is 6.25. The van der Waals surface area contributed by atoms with E-state index in [1.807, 2.05) is 7.05 Å². The number of likely N-dealkylation sites (N-methyl/N-ethyl adjacent to an activating group) is 1. The number of rotatable bonds is 3. The molecule has 4 N–H and O–H groups in total. The van der Waals surface area contributed by atoms with Gasteiger partial charge in [-0.2, -0.15) is 0 Å². The number of likely N-dealkylation sites (tertiary alicyclic amines) is 1. The molecule has 1 atom stereocenters. The van der Waals surface area contributed by atoms with Crippen LogP contribution in [-0.4, -0.2) is 54.3 Å². The lowest BCUT2D eigenvalue weighted by molar-refractivity contribution is 0.0614. The highest BCUT2D eigenvalue weighted by atomic mass is 16.3. The monoisotopic (exact) mass is 268 g/mol. The van der Waals surface area contributed by atoms with Gasteiger partial charge in [-0.3, -0.25) is 4.99 Å². The van der Waals surface area contributed by atoms with Gasteiger partial charge in [-0.05, 0) is 26.3 Å². The third-order valence-corrected chi connectivity index (χ3v) is 4.27. The molecule has 1 aliphatic carbocycles. The Morgan fingerprint density at radius 2 is 2.05 bits per heavy atom. The van der Waals surface area contributed by atoms with Gasteiger partial charge in [0, 0.05) is 19.1 Å². The van der Waals surface area contributed by atoms with E-state index in [0.29, 0.717) is 25.1 Å². The van der Waals surface area contributed by atoms with Crippen LogP contribution in [0.4, 0.5) is 0 Å². The molecule has 0 amide bonds. The molecule has 1 saturated heterocycles. The number of nitrogens with two attached hydrogens (primary N) is 1. The summed E-state index contributed by atoms with van der Waals surface area (Å²) < 4.78 is 0. The van der Waals surface area contributed by atoms with Gasteiger partial charge in [0.2, 0.25) is 0 Å². The van der Waals surface area contributed by atoms with Crippen LogP contribution in [0, 0.1) is 0 Å². The molecule has 0 spiro atoms. The van der Waals surface area contributed by atoms with Crippen LogP contribution < -0.4 is 11.1 Å². The van der Waals surface area contributed by atoms with Crippen LogP contribution in [-0.2, 0) is 0 Å². The molecule has 1 aliphatic heterocycles. The van der Waals surface area contributed by atoms with Gasteiger partial charge in [0.15, 0.2) is 5.96 Å². The minimum Gasteiger partial charge on any atom is -0.387 e. The van der Waals surface area contributed by atoms with E-state index in [2.05, 4.69) is 15.2 Å². The summed E-state index contributed by atoms with van der Waals surface area (Å²) >= 11 is 0. The van der Waals surface area contributed by atoms with Crippen LogP contribution in [0.1, 0.15) is 44.9 Å². The third kappa shape index (κ3) is 4.66. The smallest absolute Gasteiger partial charge is 0.188 e. The predicted molar refractivity (Wildman–Crippen MR) is 78.2 cm³/mol. The Balaban J connectivity index is 1.78. The van der Waals surface area contributed by atoms with Crippen LogP contribution >= 0.6 is 0 Å². The van der Waals surface area contributed by atoms with Crippen molar-refractivity contribution in [2.75, 3.05) is 26.7 Å². The highest BCUT2D eigenvalue weighted by molar-refractivity contribution is 5.78. The lowest BCUT2D eigenvalue weighted by Gasteiger charge is -2.21. The van der Waals surface area contributed by atoms with Crippen molar-refractivity contribution >= 4 is 5.96 Å². The number of hydrogen-bond donors (Lipinski definition) is 3. The molecule has 5 heteroatoms. The van der Waals surface area contributed by atoms with Gasteiger partial charge < -0.3 is 21.1 Å². The second kappa shape index (κ2) is 6.57. The molecular weight excluding hydrogens is 240 g/mol. The molecule has 0 aromatic carbocycles. The van der Waals surface area contributed by atoms with Crippen LogP contribution in [0.25, 0.3) is 0 Å². The summed E-state index contributed by atoms with van der Waals surface area (Å²) in [7, 11) is 2.02. The van der Waals surface area contributed by atoms with Crippen molar-refractivity contribution in [3.8, 4) is 0 Å². The van der Waals surface area contributed by atoms with Crippen LogP contribution in [0.3, 0.4) is 0 Å². The van der Waals surface area contributed by atoms with E-state index in [0.717, 1.165) is 13.0 Å². The van der Waals surface area contributed by atoms with Gasteiger partial charge in [0.1, 0.15) is 0 Å². The van der Waals surface area contributed by atoms with Crippen LogP contribution in [0.2, 0.25) is 0 Å². The first-order chi connectivity index (χ1) is 9.07. The van der Waals surface area contributed by atoms with Gasteiger partial charge in [0.05, 0.1) is 12.1 Å². The molecule has 19 heavy (non-hydrogen) atoms. The predicted octanol–water partition coefficient (Wildman–Crippen LogP) is 0.680. The maximum atomic E-state index is 10.3. The molecule has 0 aromatic heterocycles. The topological polar surface area (TPSA) is 73.9 Å². The normalized spacial score (nSPS) is 31.4. The van der Waals surface area contributed by atoms with Crippen molar-refractivity contribution in [2.45, 2.75) is 56.6 Å². The minimum absolute atomic E-state index is 0.406. The number of hydrogen-bond acceptors (Lipinski definition) is 3. The fourth-order valence-electron chi connectivity index (χ4n) is 3.10. The Kier molecular flexibility index (Phi) is 5.05. The van der Waals surface area contributed by atoms with Crippen LogP contribution in [0.15, 0.2) is 4.99 Å². The summed E-state index contributed by atoms with van der Waals surface area (Å²) in [5.41, 5.74) is 5.25.